The standard InChI is InChI=1S/C28H33N3O4S/c1-21(19-30-28(32)25-9-13-27(14-10-25)36(29,33)34)35-26-11-7-22(8-12-26)20-31-17-15-24(16-18-31)23-5-3-2-4-6-23/h2-14,21,24H,15-20H2,1H3,(H,30,32)(H2,29,33,34)/t21-/m1/s1. The summed E-state index contributed by atoms with van der Waals surface area (Å²) in [5, 5.41) is 7.90. The molecule has 0 saturated carbocycles. The molecule has 1 atom stereocenters. The van der Waals surface area contributed by atoms with Gasteiger partial charge in [0, 0.05) is 12.1 Å². The molecule has 1 saturated heterocycles. The Labute approximate surface area is 213 Å². The van der Waals surface area contributed by atoms with Crippen LogP contribution < -0.4 is 15.2 Å². The van der Waals surface area contributed by atoms with E-state index in [1.165, 1.54) is 48.2 Å². The first-order valence-corrected chi connectivity index (χ1v) is 13.8. The molecule has 4 rings (SSSR count). The van der Waals surface area contributed by atoms with E-state index in [4.69, 9.17) is 9.88 Å². The van der Waals surface area contributed by atoms with Gasteiger partial charge in [0.25, 0.3) is 5.91 Å². The maximum Gasteiger partial charge on any atom is 0.251 e. The largest absolute Gasteiger partial charge is 0.489 e. The van der Waals surface area contributed by atoms with Crippen LogP contribution in [0.3, 0.4) is 0 Å². The molecule has 1 aliphatic heterocycles. The van der Waals surface area contributed by atoms with Crippen molar-refractivity contribution in [3.8, 4) is 5.75 Å². The van der Waals surface area contributed by atoms with Crippen molar-refractivity contribution in [1.82, 2.24) is 10.2 Å². The number of primary sulfonamides is 1. The van der Waals surface area contributed by atoms with Crippen molar-refractivity contribution in [1.29, 1.82) is 0 Å². The molecular formula is C28H33N3O4S. The fourth-order valence-electron chi connectivity index (χ4n) is 4.49. The second kappa shape index (κ2) is 11.7. The molecule has 0 bridgehead atoms. The van der Waals surface area contributed by atoms with Gasteiger partial charge in [-0.15, -0.1) is 0 Å². The molecule has 1 heterocycles. The fraction of sp³-hybridized carbons (Fsp3) is 0.321. The topological polar surface area (TPSA) is 102 Å². The summed E-state index contributed by atoms with van der Waals surface area (Å²) in [6.45, 7) is 5.32. The lowest BCUT2D eigenvalue weighted by Crippen LogP contribution is -2.33. The number of sulfonamides is 1. The molecule has 3 aromatic rings. The number of likely N-dealkylation sites (tertiary alicyclic amines) is 1. The number of nitrogens with zero attached hydrogens (tertiary/aromatic N) is 1. The van der Waals surface area contributed by atoms with Crippen LogP contribution in [0, 0.1) is 0 Å². The highest BCUT2D eigenvalue weighted by molar-refractivity contribution is 7.89. The monoisotopic (exact) mass is 507 g/mol. The summed E-state index contributed by atoms with van der Waals surface area (Å²) in [4.78, 5) is 14.8. The minimum absolute atomic E-state index is 0.0316. The zero-order chi connectivity index (χ0) is 25.5. The number of piperidine rings is 1. The zero-order valence-electron chi connectivity index (χ0n) is 20.5. The molecule has 0 aliphatic carbocycles. The average molecular weight is 508 g/mol. The van der Waals surface area contributed by atoms with Crippen LogP contribution in [0.2, 0.25) is 0 Å². The van der Waals surface area contributed by atoms with Crippen LogP contribution in [0.4, 0.5) is 0 Å². The fourth-order valence-corrected chi connectivity index (χ4v) is 5.01. The van der Waals surface area contributed by atoms with Gasteiger partial charge in [0.2, 0.25) is 10.0 Å². The van der Waals surface area contributed by atoms with Crippen LogP contribution in [-0.2, 0) is 16.6 Å². The van der Waals surface area contributed by atoms with Gasteiger partial charge in [-0.3, -0.25) is 9.69 Å². The van der Waals surface area contributed by atoms with Crippen molar-refractivity contribution >= 4 is 15.9 Å². The molecule has 0 radical (unpaired) electrons. The first-order chi connectivity index (χ1) is 17.3. The number of hydrogen-bond donors (Lipinski definition) is 2. The highest BCUT2D eigenvalue weighted by Gasteiger charge is 2.20. The number of ether oxygens (including phenoxy) is 1. The molecule has 0 spiro atoms. The average Bonchev–Trinajstić information content (AvgIpc) is 2.89. The molecule has 1 aliphatic rings. The van der Waals surface area contributed by atoms with Crippen LogP contribution >= 0.6 is 0 Å². The van der Waals surface area contributed by atoms with Gasteiger partial charge in [-0.25, -0.2) is 13.6 Å². The van der Waals surface area contributed by atoms with E-state index in [9.17, 15) is 13.2 Å². The lowest BCUT2D eigenvalue weighted by Gasteiger charge is -2.32. The molecule has 1 fully saturated rings. The lowest BCUT2D eigenvalue weighted by atomic mass is 9.89. The Balaban J connectivity index is 1.20. The molecule has 0 unspecified atom stereocenters. The summed E-state index contributed by atoms with van der Waals surface area (Å²) in [7, 11) is -3.78. The number of benzene rings is 3. The number of nitrogens with one attached hydrogen (secondary N) is 1. The van der Waals surface area contributed by atoms with Crippen molar-refractivity contribution in [3.63, 3.8) is 0 Å². The predicted octanol–water partition coefficient (Wildman–Crippen LogP) is 3.91. The highest BCUT2D eigenvalue weighted by Crippen LogP contribution is 2.28. The van der Waals surface area contributed by atoms with Crippen molar-refractivity contribution in [2.75, 3.05) is 19.6 Å². The Morgan fingerprint density at radius 3 is 2.25 bits per heavy atom. The molecular weight excluding hydrogens is 474 g/mol. The van der Waals surface area contributed by atoms with Gasteiger partial charge in [0.1, 0.15) is 11.9 Å². The van der Waals surface area contributed by atoms with E-state index >= 15 is 0 Å². The Morgan fingerprint density at radius 2 is 1.64 bits per heavy atom. The van der Waals surface area contributed by atoms with Gasteiger partial charge in [0.15, 0.2) is 0 Å². The molecule has 7 nitrogen and oxygen atoms in total. The smallest absolute Gasteiger partial charge is 0.251 e. The van der Waals surface area contributed by atoms with Crippen molar-refractivity contribution < 1.29 is 17.9 Å². The van der Waals surface area contributed by atoms with Gasteiger partial charge in [-0.2, -0.15) is 0 Å². The molecule has 1 amide bonds. The van der Waals surface area contributed by atoms with E-state index in [2.05, 4.69) is 52.7 Å². The summed E-state index contributed by atoms with van der Waals surface area (Å²) >= 11 is 0. The van der Waals surface area contributed by atoms with E-state index in [1.54, 1.807) is 0 Å². The number of carbonyl (C=O) groups excluding carboxylic acids is 1. The molecule has 36 heavy (non-hydrogen) atoms. The van der Waals surface area contributed by atoms with E-state index in [0.29, 0.717) is 18.0 Å². The van der Waals surface area contributed by atoms with Gasteiger partial charge < -0.3 is 10.1 Å². The Hall–Kier alpha value is -3.20. The van der Waals surface area contributed by atoms with Gasteiger partial charge in [-0.1, -0.05) is 42.5 Å². The molecule has 0 aromatic heterocycles. The second-order valence-corrected chi connectivity index (χ2v) is 10.9. The molecule has 190 valence electrons. The Bertz CT molecular complexity index is 1240. The van der Waals surface area contributed by atoms with E-state index in [0.717, 1.165) is 25.4 Å². The first-order valence-electron chi connectivity index (χ1n) is 12.2. The molecule has 3 N–H and O–H groups in total. The number of rotatable bonds is 9. The summed E-state index contributed by atoms with van der Waals surface area (Å²) in [6.07, 6.45) is 2.13. The minimum atomic E-state index is -3.78. The third kappa shape index (κ3) is 7.16. The van der Waals surface area contributed by atoms with E-state index < -0.39 is 10.0 Å². The minimum Gasteiger partial charge on any atom is -0.489 e. The summed E-state index contributed by atoms with van der Waals surface area (Å²) in [5.74, 6) is 1.10. The maximum absolute atomic E-state index is 12.3. The third-order valence-corrected chi connectivity index (χ3v) is 7.45. The van der Waals surface area contributed by atoms with E-state index in [-0.39, 0.29) is 16.9 Å². The zero-order valence-corrected chi connectivity index (χ0v) is 21.3. The van der Waals surface area contributed by atoms with Gasteiger partial charge in [-0.05, 0) is 86.3 Å². The molecule has 3 aromatic carbocycles. The summed E-state index contributed by atoms with van der Waals surface area (Å²) in [6, 6.07) is 24.4. The summed E-state index contributed by atoms with van der Waals surface area (Å²) < 4.78 is 28.6. The first kappa shape index (κ1) is 25.9. The quantitative estimate of drug-likeness (QED) is 0.457. The number of nitrogens with two attached hydrogens (primary N) is 1. The predicted molar refractivity (Wildman–Crippen MR) is 140 cm³/mol. The maximum atomic E-state index is 12.3. The van der Waals surface area contributed by atoms with Gasteiger partial charge >= 0.3 is 0 Å². The van der Waals surface area contributed by atoms with Crippen molar-refractivity contribution in [2.45, 2.75) is 43.2 Å². The van der Waals surface area contributed by atoms with Crippen LogP contribution in [-0.4, -0.2) is 45.0 Å². The van der Waals surface area contributed by atoms with Crippen LogP contribution in [0.1, 0.15) is 47.2 Å². The molecule has 8 heteroatoms. The summed E-state index contributed by atoms with van der Waals surface area (Å²) in [5.41, 5.74) is 3.06. The van der Waals surface area contributed by atoms with Crippen LogP contribution in [0.15, 0.2) is 83.8 Å². The number of carbonyl (C=O) groups is 1. The second-order valence-electron chi connectivity index (χ2n) is 9.31. The lowest BCUT2D eigenvalue weighted by molar-refractivity contribution is 0.0932. The van der Waals surface area contributed by atoms with Crippen LogP contribution in [0.25, 0.3) is 0 Å². The third-order valence-electron chi connectivity index (χ3n) is 6.52. The van der Waals surface area contributed by atoms with E-state index in [1.807, 2.05) is 19.1 Å². The highest BCUT2D eigenvalue weighted by atomic mass is 32.2. The Kier molecular flexibility index (Phi) is 8.40. The Morgan fingerprint density at radius 1 is 1.00 bits per heavy atom. The van der Waals surface area contributed by atoms with Crippen molar-refractivity contribution in [2.24, 2.45) is 5.14 Å². The number of hydrogen-bond acceptors (Lipinski definition) is 5. The SMILES string of the molecule is C[C@H](CNC(=O)c1ccc(S(N)(=O)=O)cc1)Oc1ccc(CN2CCC(c3ccccc3)CC2)cc1. The normalized spacial score (nSPS) is 15.8. The van der Waals surface area contributed by atoms with Crippen molar-refractivity contribution in [3.05, 3.63) is 95.6 Å². The van der Waals surface area contributed by atoms with Crippen LogP contribution in [0.5, 0.6) is 5.75 Å². The number of amides is 1. The van der Waals surface area contributed by atoms with Gasteiger partial charge in [0.05, 0.1) is 11.4 Å².